The summed E-state index contributed by atoms with van der Waals surface area (Å²) in [4.78, 5) is 2.13. The second kappa shape index (κ2) is 7.22. The summed E-state index contributed by atoms with van der Waals surface area (Å²) in [5, 5.41) is 0.541. The molecule has 4 heteroatoms. The van der Waals surface area contributed by atoms with E-state index in [4.69, 9.17) is 17.3 Å². The lowest BCUT2D eigenvalue weighted by atomic mass is 9.99. The molecule has 1 aromatic rings. The zero-order chi connectivity index (χ0) is 14.6. The molecule has 0 heterocycles. The molecule has 0 aromatic heterocycles. The maximum atomic E-state index is 14.0. The molecule has 0 radical (unpaired) electrons. The van der Waals surface area contributed by atoms with E-state index < -0.39 is 0 Å². The van der Waals surface area contributed by atoms with Crippen molar-refractivity contribution in [1.29, 1.82) is 0 Å². The molecule has 108 valence electrons. The van der Waals surface area contributed by atoms with Crippen LogP contribution in [-0.4, -0.2) is 24.5 Å². The van der Waals surface area contributed by atoms with Crippen molar-refractivity contribution in [3.63, 3.8) is 0 Å². The number of benzene rings is 1. The van der Waals surface area contributed by atoms with E-state index in [2.05, 4.69) is 25.7 Å². The molecule has 2 atom stereocenters. The molecular formula is C15H24ClFN2. The third kappa shape index (κ3) is 4.44. The van der Waals surface area contributed by atoms with Gasteiger partial charge in [-0.1, -0.05) is 25.4 Å². The summed E-state index contributed by atoms with van der Waals surface area (Å²) in [6.07, 6.45) is 1.05. The Kier molecular flexibility index (Phi) is 6.24. The summed E-state index contributed by atoms with van der Waals surface area (Å²) in [6, 6.07) is 4.83. The van der Waals surface area contributed by atoms with E-state index in [0.29, 0.717) is 29.1 Å². The van der Waals surface area contributed by atoms with Crippen LogP contribution in [0.2, 0.25) is 5.02 Å². The molecule has 0 saturated heterocycles. The van der Waals surface area contributed by atoms with Gasteiger partial charge in [-0.2, -0.15) is 0 Å². The van der Waals surface area contributed by atoms with Gasteiger partial charge in [0.1, 0.15) is 5.82 Å². The normalized spacial score (nSPS) is 15.0. The average Bonchev–Trinajstić information content (AvgIpc) is 2.33. The molecule has 0 aliphatic heterocycles. The molecule has 0 saturated carbocycles. The zero-order valence-corrected chi connectivity index (χ0v) is 12.9. The Hall–Kier alpha value is -0.640. The number of halogens is 2. The maximum Gasteiger partial charge on any atom is 0.128 e. The van der Waals surface area contributed by atoms with Crippen molar-refractivity contribution in [2.24, 2.45) is 11.7 Å². The minimum absolute atomic E-state index is 0.146. The van der Waals surface area contributed by atoms with Crippen molar-refractivity contribution >= 4 is 11.6 Å². The average molecular weight is 287 g/mol. The molecule has 1 rings (SSSR count). The molecule has 2 unspecified atom stereocenters. The minimum atomic E-state index is -0.247. The lowest BCUT2D eigenvalue weighted by Gasteiger charge is -2.34. The molecule has 0 amide bonds. The molecule has 0 bridgehead atoms. The van der Waals surface area contributed by atoms with E-state index in [0.717, 1.165) is 6.42 Å². The maximum absolute atomic E-state index is 14.0. The number of nitrogens with zero attached hydrogens (tertiary/aromatic N) is 1. The van der Waals surface area contributed by atoms with Crippen LogP contribution >= 0.6 is 11.6 Å². The van der Waals surface area contributed by atoms with Gasteiger partial charge >= 0.3 is 0 Å². The van der Waals surface area contributed by atoms with Gasteiger partial charge in [-0.15, -0.1) is 0 Å². The van der Waals surface area contributed by atoms with Crippen LogP contribution in [0.4, 0.5) is 4.39 Å². The molecule has 0 fully saturated rings. The van der Waals surface area contributed by atoms with Crippen LogP contribution < -0.4 is 5.73 Å². The Balaban J connectivity index is 2.96. The first-order valence-electron chi connectivity index (χ1n) is 6.73. The monoisotopic (exact) mass is 286 g/mol. The van der Waals surface area contributed by atoms with Crippen molar-refractivity contribution in [2.45, 2.75) is 39.3 Å². The molecular weight excluding hydrogens is 263 g/mol. The fraction of sp³-hybridized carbons (Fsp3) is 0.600. The molecule has 19 heavy (non-hydrogen) atoms. The molecule has 0 aliphatic rings. The molecule has 1 aromatic carbocycles. The van der Waals surface area contributed by atoms with E-state index in [9.17, 15) is 4.39 Å². The minimum Gasteiger partial charge on any atom is -0.329 e. The van der Waals surface area contributed by atoms with Gasteiger partial charge in [-0.25, -0.2) is 4.39 Å². The standard InChI is InChI=1S/C15H24ClFN2/c1-10(2)7-11(3)19(4)15(9-18)13-8-12(16)5-6-14(13)17/h5-6,8,10-11,15H,7,9,18H2,1-4H3. The highest BCUT2D eigenvalue weighted by Crippen LogP contribution is 2.27. The Morgan fingerprint density at radius 1 is 1.32 bits per heavy atom. The Morgan fingerprint density at radius 2 is 1.95 bits per heavy atom. The fourth-order valence-corrected chi connectivity index (χ4v) is 2.62. The summed E-state index contributed by atoms with van der Waals surface area (Å²) >= 11 is 5.96. The number of likely N-dealkylation sites (N-methyl/N-ethyl adjacent to an activating group) is 1. The lowest BCUT2D eigenvalue weighted by molar-refractivity contribution is 0.166. The van der Waals surface area contributed by atoms with Gasteiger partial charge in [-0.05, 0) is 44.5 Å². The second-order valence-electron chi connectivity index (χ2n) is 5.56. The highest BCUT2D eigenvalue weighted by atomic mass is 35.5. The van der Waals surface area contributed by atoms with E-state index in [1.54, 1.807) is 12.1 Å². The van der Waals surface area contributed by atoms with Crippen molar-refractivity contribution in [3.05, 3.63) is 34.6 Å². The number of nitrogens with two attached hydrogens (primary N) is 1. The van der Waals surface area contributed by atoms with E-state index in [1.807, 2.05) is 7.05 Å². The van der Waals surface area contributed by atoms with Gasteiger partial charge in [0.05, 0.1) is 0 Å². The topological polar surface area (TPSA) is 29.3 Å². The van der Waals surface area contributed by atoms with Crippen LogP contribution in [0.15, 0.2) is 18.2 Å². The Labute approximate surface area is 120 Å². The summed E-state index contributed by atoms with van der Waals surface area (Å²) in [6.45, 7) is 6.88. The zero-order valence-electron chi connectivity index (χ0n) is 12.2. The summed E-state index contributed by atoms with van der Waals surface area (Å²) in [7, 11) is 1.99. The van der Waals surface area contributed by atoms with Crippen molar-refractivity contribution < 1.29 is 4.39 Å². The van der Waals surface area contributed by atoms with E-state index in [1.165, 1.54) is 6.07 Å². The first kappa shape index (κ1) is 16.4. The second-order valence-corrected chi connectivity index (χ2v) is 6.00. The summed E-state index contributed by atoms with van der Waals surface area (Å²) in [5.41, 5.74) is 6.42. The van der Waals surface area contributed by atoms with Crippen LogP contribution in [0.25, 0.3) is 0 Å². The van der Waals surface area contributed by atoms with Crippen LogP contribution in [0, 0.1) is 11.7 Å². The first-order chi connectivity index (χ1) is 8.86. The fourth-order valence-electron chi connectivity index (χ4n) is 2.44. The number of hydrogen-bond acceptors (Lipinski definition) is 2. The summed E-state index contributed by atoms with van der Waals surface area (Å²) in [5.74, 6) is 0.350. The van der Waals surface area contributed by atoms with Crippen LogP contribution in [-0.2, 0) is 0 Å². The van der Waals surface area contributed by atoms with Gasteiger partial charge in [0.15, 0.2) is 0 Å². The van der Waals surface area contributed by atoms with Crippen molar-refractivity contribution in [1.82, 2.24) is 4.90 Å². The molecule has 2 nitrogen and oxygen atoms in total. The molecule has 0 aliphatic carbocycles. The van der Waals surface area contributed by atoms with Crippen LogP contribution in [0.1, 0.15) is 38.8 Å². The Morgan fingerprint density at radius 3 is 2.47 bits per heavy atom. The van der Waals surface area contributed by atoms with Gasteiger partial charge in [0.25, 0.3) is 0 Å². The van der Waals surface area contributed by atoms with Crippen LogP contribution in [0.5, 0.6) is 0 Å². The van der Waals surface area contributed by atoms with Crippen molar-refractivity contribution in [2.75, 3.05) is 13.6 Å². The highest BCUT2D eigenvalue weighted by Gasteiger charge is 2.23. The van der Waals surface area contributed by atoms with Gasteiger partial charge < -0.3 is 5.73 Å². The predicted octanol–water partition coefficient (Wildman–Crippen LogP) is 3.85. The van der Waals surface area contributed by atoms with E-state index in [-0.39, 0.29) is 11.9 Å². The smallest absolute Gasteiger partial charge is 0.128 e. The van der Waals surface area contributed by atoms with Gasteiger partial charge in [0.2, 0.25) is 0 Å². The lowest BCUT2D eigenvalue weighted by Crippen LogP contribution is -2.38. The number of hydrogen-bond donors (Lipinski definition) is 1. The largest absolute Gasteiger partial charge is 0.329 e. The van der Waals surface area contributed by atoms with Gasteiger partial charge in [-0.3, -0.25) is 4.90 Å². The SMILES string of the molecule is CC(C)CC(C)N(C)C(CN)c1cc(Cl)ccc1F. The molecule has 0 spiro atoms. The van der Waals surface area contributed by atoms with E-state index >= 15 is 0 Å². The van der Waals surface area contributed by atoms with Crippen LogP contribution in [0.3, 0.4) is 0 Å². The van der Waals surface area contributed by atoms with Crippen molar-refractivity contribution in [3.8, 4) is 0 Å². The number of rotatable bonds is 6. The van der Waals surface area contributed by atoms with Gasteiger partial charge in [0, 0.05) is 29.2 Å². The summed E-state index contributed by atoms with van der Waals surface area (Å²) < 4.78 is 14.0. The predicted molar refractivity (Wildman–Crippen MR) is 79.9 cm³/mol. The highest BCUT2D eigenvalue weighted by molar-refractivity contribution is 6.30. The first-order valence-corrected chi connectivity index (χ1v) is 7.11. The quantitative estimate of drug-likeness (QED) is 0.861. The third-order valence-corrected chi connectivity index (χ3v) is 3.77. The molecule has 2 N–H and O–H groups in total. The Bertz CT molecular complexity index is 409. The third-order valence-electron chi connectivity index (χ3n) is 3.54.